The van der Waals surface area contributed by atoms with E-state index in [2.05, 4.69) is 179 Å². The van der Waals surface area contributed by atoms with Gasteiger partial charge in [-0.05, 0) is 95.1 Å². The van der Waals surface area contributed by atoms with Crippen molar-refractivity contribution >= 4 is 66.7 Å². The first-order valence-corrected chi connectivity index (χ1v) is 21.6. The van der Waals surface area contributed by atoms with Crippen LogP contribution in [-0.4, -0.2) is 9.13 Å². The van der Waals surface area contributed by atoms with Gasteiger partial charge in [-0.3, -0.25) is 0 Å². The first-order valence-electron chi connectivity index (χ1n) is 19.9. The summed E-state index contributed by atoms with van der Waals surface area (Å²) in [4.78, 5) is 0. The third-order valence-electron chi connectivity index (χ3n) is 12.0. The second-order valence-corrected chi connectivity index (χ2v) is 17.9. The minimum Gasteiger partial charge on any atom is -0.456 e. The highest BCUT2D eigenvalue weighted by Gasteiger charge is 2.39. The van der Waals surface area contributed by atoms with Crippen molar-refractivity contribution in [2.45, 2.75) is 0 Å². The number of aromatic nitrogens is 2. The molecule has 0 saturated carbocycles. The summed E-state index contributed by atoms with van der Waals surface area (Å²) in [5, 5.41) is 7.17. The van der Waals surface area contributed by atoms with Gasteiger partial charge in [-0.25, -0.2) is 0 Å². The van der Waals surface area contributed by atoms with Gasteiger partial charge in [0.05, 0.1) is 32.7 Å². The molecule has 2 aromatic heterocycles. The van der Waals surface area contributed by atoms with E-state index in [0.717, 1.165) is 38.9 Å². The van der Waals surface area contributed by atoms with E-state index in [1.807, 2.05) is 42.5 Å². The quantitative estimate of drug-likeness (QED) is 0.163. The highest BCUT2D eigenvalue weighted by atomic mass is 31.2. The maximum atomic E-state index is 15.7. The predicted molar refractivity (Wildman–Crippen MR) is 245 cm³/mol. The van der Waals surface area contributed by atoms with Crippen LogP contribution in [0, 0.1) is 0 Å². The summed E-state index contributed by atoms with van der Waals surface area (Å²) >= 11 is 0. The second kappa shape index (κ2) is 13.1. The first kappa shape index (κ1) is 33.7. The SMILES string of the molecule is O=P1(c2ccccc2)c2ccc(-c3ccc(-n4c5ccccc5c5ccccc54)cc3)cc2Oc2cc(-c3ccc(-n4c5ccccc5c5ccccc54)cc3)ccc21. The zero-order chi connectivity index (χ0) is 39.1. The van der Waals surface area contributed by atoms with Crippen LogP contribution in [0.3, 0.4) is 0 Å². The van der Waals surface area contributed by atoms with E-state index in [1.54, 1.807) is 0 Å². The van der Waals surface area contributed by atoms with Crippen LogP contribution in [0.5, 0.6) is 11.5 Å². The van der Waals surface area contributed by atoms with Crippen molar-refractivity contribution in [3.8, 4) is 45.1 Å². The maximum absolute atomic E-state index is 15.7. The molecule has 1 aliphatic heterocycles. The summed E-state index contributed by atoms with van der Waals surface area (Å²) in [6.45, 7) is 0. The smallest absolute Gasteiger partial charge is 0.178 e. The van der Waals surface area contributed by atoms with Crippen LogP contribution in [0.2, 0.25) is 0 Å². The lowest BCUT2D eigenvalue weighted by Gasteiger charge is -2.30. The van der Waals surface area contributed by atoms with Crippen molar-refractivity contribution in [3.63, 3.8) is 0 Å². The van der Waals surface area contributed by atoms with Gasteiger partial charge in [-0.2, -0.15) is 0 Å². The minimum absolute atomic E-state index is 0.618. The number of nitrogens with zero attached hydrogens (tertiary/aromatic N) is 2. The largest absolute Gasteiger partial charge is 0.456 e. The molecule has 5 heteroatoms. The number of benzene rings is 9. The molecule has 0 bridgehead atoms. The Kier molecular flexibility index (Phi) is 7.47. The van der Waals surface area contributed by atoms with Crippen LogP contribution in [0.25, 0.3) is 77.2 Å². The molecule has 0 spiro atoms. The van der Waals surface area contributed by atoms with Crippen molar-refractivity contribution in [3.05, 3.63) is 212 Å². The number of para-hydroxylation sites is 4. The van der Waals surface area contributed by atoms with Gasteiger partial charge in [-0.15, -0.1) is 0 Å². The molecular weight excluding hydrogens is 740 g/mol. The number of rotatable bonds is 5. The fourth-order valence-corrected chi connectivity index (χ4v) is 12.1. The molecule has 0 N–H and O–H groups in total. The predicted octanol–water partition coefficient (Wildman–Crippen LogP) is 13.0. The number of hydrogen-bond acceptors (Lipinski definition) is 2. The Morgan fingerprint density at radius 1 is 0.339 bits per heavy atom. The van der Waals surface area contributed by atoms with E-state index in [4.69, 9.17) is 4.74 Å². The summed E-state index contributed by atoms with van der Waals surface area (Å²) in [5.74, 6) is 1.24. The van der Waals surface area contributed by atoms with Gasteiger partial charge in [0.1, 0.15) is 11.5 Å². The molecule has 3 heterocycles. The van der Waals surface area contributed by atoms with Gasteiger partial charge in [-0.1, -0.05) is 140 Å². The summed E-state index contributed by atoms with van der Waals surface area (Å²) < 4.78 is 27.1. The van der Waals surface area contributed by atoms with E-state index in [1.165, 1.54) is 43.6 Å². The van der Waals surface area contributed by atoms with Gasteiger partial charge < -0.3 is 18.4 Å². The highest BCUT2D eigenvalue weighted by Crippen LogP contribution is 2.53. The number of hydrogen-bond donors (Lipinski definition) is 0. The lowest BCUT2D eigenvalue weighted by atomic mass is 10.0. The maximum Gasteiger partial charge on any atom is 0.178 e. The molecule has 0 aliphatic carbocycles. The van der Waals surface area contributed by atoms with E-state index >= 15 is 4.57 Å². The average Bonchev–Trinajstić information content (AvgIpc) is 3.82. The van der Waals surface area contributed by atoms with Crippen molar-refractivity contribution in [1.29, 1.82) is 0 Å². The van der Waals surface area contributed by atoms with E-state index in [-0.39, 0.29) is 0 Å². The molecule has 1 aliphatic rings. The Morgan fingerprint density at radius 2 is 0.678 bits per heavy atom. The van der Waals surface area contributed by atoms with E-state index in [9.17, 15) is 0 Å². The number of fused-ring (bicyclic) bond motifs is 8. The topological polar surface area (TPSA) is 36.2 Å². The molecule has 59 heavy (non-hydrogen) atoms. The fraction of sp³-hybridized carbons (Fsp3) is 0. The third kappa shape index (κ3) is 5.13. The second-order valence-electron chi connectivity index (χ2n) is 15.2. The zero-order valence-corrected chi connectivity index (χ0v) is 32.8. The van der Waals surface area contributed by atoms with Crippen LogP contribution >= 0.6 is 7.14 Å². The van der Waals surface area contributed by atoms with E-state index in [0.29, 0.717) is 22.1 Å². The Morgan fingerprint density at radius 3 is 1.07 bits per heavy atom. The molecular formula is C54H35N2O2P. The standard InChI is InChI=1S/C54H35N2O2P/c57-59(42-12-2-1-3-13-42)53-32-26-38(36-22-28-40(29-23-36)55-47-18-8-4-14-43(47)44-15-5-9-19-48(44)55)34-51(53)58-52-35-39(27-33-54(52)59)37-24-30-41(31-25-37)56-49-20-10-6-16-45(49)46-17-7-11-21-50(46)56/h1-35H. The minimum atomic E-state index is -3.28. The van der Waals surface area contributed by atoms with Gasteiger partial charge in [0, 0.05) is 38.2 Å². The Hall–Kier alpha value is -7.39. The third-order valence-corrected chi connectivity index (χ3v) is 15.1. The van der Waals surface area contributed by atoms with E-state index < -0.39 is 7.14 Å². The van der Waals surface area contributed by atoms with Gasteiger partial charge >= 0.3 is 0 Å². The first-order chi connectivity index (χ1) is 29.1. The lowest BCUT2D eigenvalue weighted by Crippen LogP contribution is -2.30. The molecule has 278 valence electrons. The molecule has 0 fully saturated rings. The molecule has 11 aromatic rings. The van der Waals surface area contributed by atoms with Crippen molar-refractivity contribution in [1.82, 2.24) is 9.13 Å². The summed E-state index contributed by atoms with van der Waals surface area (Å²) in [6, 6.07) is 73.7. The lowest BCUT2D eigenvalue weighted by molar-refractivity contribution is 0.486. The Labute approximate surface area is 341 Å². The number of ether oxygens (including phenoxy) is 1. The van der Waals surface area contributed by atoms with Crippen LogP contribution in [0.15, 0.2) is 212 Å². The van der Waals surface area contributed by atoms with Crippen LogP contribution < -0.4 is 20.7 Å². The van der Waals surface area contributed by atoms with Crippen molar-refractivity contribution < 1.29 is 9.30 Å². The van der Waals surface area contributed by atoms with Crippen LogP contribution in [0.1, 0.15) is 0 Å². The van der Waals surface area contributed by atoms with Crippen LogP contribution in [0.4, 0.5) is 0 Å². The van der Waals surface area contributed by atoms with Crippen LogP contribution in [-0.2, 0) is 4.57 Å². The highest BCUT2D eigenvalue weighted by molar-refractivity contribution is 7.85. The summed E-state index contributed by atoms with van der Waals surface area (Å²) in [7, 11) is -3.28. The Bertz CT molecular complexity index is 3170. The summed E-state index contributed by atoms with van der Waals surface area (Å²) in [6.07, 6.45) is 0. The molecule has 9 aromatic carbocycles. The molecule has 0 unspecified atom stereocenters. The van der Waals surface area contributed by atoms with Gasteiger partial charge in [0.2, 0.25) is 0 Å². The monoisotopic (exact) mass is 774 g/mol. The normalized spacial score (nSPS) is 13.1. The average molecular weight is 775 g/mol. The molecule has 4 nitrogen and oxygen atoms in total. The van der Waals surface area contributed by atoms with Crippen molar-refractivity contribution in [2.24, 2.45) is 0 Å². The molecule has 0 amide bonds. The molecule has 12 rings (SSSR count). The van der Waals surface area contributed by atoms with Gasteiger partial charge in [0.15, 0.2) is 7.14 Å². The molecule has 0 atom stereocenters. The zero-order valence-electron chi connectivity index (χ0n) is 31.9. The molecule has 0 saturated heterocycles. The molecule has 0 radical (unpaired) electrons. The Balaban J connectivity index is 0.926. The fourth-order valence-electron chi connectivity index (χ4n) is 9.24. The summed E-state index contributed by atoms with van der Waals surface area (Å²) in [5.41, 5.74) is 11.0. The van der Waals surface area contributed by atoms with Crippen molar-refractivity contribution in [2.75, 3.05) is 0 Å². The van der Waals surface area contributed by atoms with Gasteiger partial charge in [0.25, 0.3) is 0 Å².